The first-order valence-corrected chi connectivity index (χ1v) is 9.73. The van der Waals surface area contributed by atoms with Crippen LogP contribution in [0.5, 0.6) is 5.75 Å². The minimum atomic E-state index is -1.29. The molecular weight excluding hydrogens is 427 g/mol. The van der Waals surface area contributed by atoms with Crippen molar-refractivity contribution in [3.8, 4) is 17.1 Å². The minimum Gasteiger partial charge on any atom is -0.504 e. The third kappa shape index (κ3) is 3.09. The summed E-state index contributed by atoms with van der Waals surface area (Å²) in [7, 11) is 0. The van der Waals surface area contributed by atoms with Gasteiger partial charge in [0.05, 0.1) is 0 Å². The van der Waals surface area contributed by atoms with Crippen molar-refractivity contribution in [1.82, 2.24) is 4.98 Å². The highest BCUT2D eigenvalue weighted by Gasteiger charge is 2.25. The minimum absolute atomic E-state index is 0.0277. The number of thiophene rings is 1. The van der Waals surface area contributed by atoms with E-state index < -0.39 is 23.6 Å². The van der Waals surface area contributed by atoms with Gasteiger partial charge in [-0.25, -0.2) is 14.2 Å². The van der Waals surface area contributed by atoms with Gasteiger partial charge in [-0.3, -0.25) is 4.79 Å². The van der Waals surface area contributed by atoms with Crippen LogP contribution in [0.3, 0.4) is 0 Å². The maximum absolute atomic E-state index is 13.8. The fourth-order valence-corrected chi connectivity index (χ4v) is 4.13. The zero-order chi connectivity index (χ0) is 21.7. The van der Waals surface area contributed by atoms with Crippen LogP contribution in [-0.2, 0) is 0 Å². The fraction of sp³-hybridized carbons (Fsp3) is 0. The number of halogens is 1. The molecule has 3 aromatic heterocycles. The Balaban J connectivity index is 1.53. The molecule has 0 saturated carbocycles. The third-order valence-corrected chi connectivity index (χ3v) is 5.48. The number of carboxylic acid groups (broad SMARTS) is 1. The molecule has 3 heterocycles. The number of para-hydroxylation sites is 2. The Kier molecular flexibility index (Phi) is 4.22. The van der Waals surface area contributed by atoms with Crippen molar-refractivity contribution in [2.45, 2.75) is 0 Å². The number of amides is 1. The predicted molar refractivity (Wildman–Crippen MR) is 110 cm³/mol. The van der Waals surface area contributed by atoms with Gasteiger partial charge in [0.1, 0.15) is 21.8 Å². The zero-order valence-electron chi connectivity index (χ0n) is 15.4. The topological polar surface area (TPSA) is 126 Å². The van der Waals surface area contributed by atoms with E-state index in [1.54, 1.807) is 18.2 Å². The van der Waals surface area contributed by atoms with Crippen molar-refractivity contribution in [3.63, 3.8) is 0 Å². The van der Waals surface area contributed by atoms with Gasteiger partial charge in [-0.15, -0.1) is 11.3 Å². The van der Waals surface area contributed by atoms with E-state index in [4.69, 9.17) is 8.83 Å². The SMILES string of the molecule is O=C(Nc1scc(-c2cc3cccc(O)c3o2)c1C(=O)O)c1nc2cccc(F)c2o1. The first kappa shape index (κ1) is 18.8. The summed E-state index contributed by atoms with van der Waals surface area (Å²) in [5.41, 5.74) is 0.253. The van der Waals surface area contributed by atoms with Crippen molar-refractivity contribution in [2.75, 3.05) is 5.32 Å². The molecule has 0 unspecified atom stereocenters. The monoisotopic (exact) mass is 438 g/mol. The number of fused-ring (bicyclic) bond motifs is 2. The van der Waals surface area contributed by atoms with Gasteiger partial charge in [0.15, 0.2) is 22.7 Å². The van der Waals surface area contributed by atoms with Crippen LogP contribution in [-0.4, -0.2) is 27.1 Å². The molecule has 1 amide bonds. The van der Waals surface area contributed by atoms with Gasteiger partial charge in [0.25, 0.3) is 5.89 Å². The van der Waals surface area contributed by atoms with Gasteiger partial charge < -0.3 is 24.4 Å². The largest absolute Gasteiger partial charge is 0.504 e. The summed E-state index contributed by atoms with van der Waals surface area (Å²) in [5.74, 6) is -3.04. The first-order valence-electron chi connectivity index (χ1n) is 8.85. The number of phenolic OH excluding ortho intramolecular Hbond substituents is 1. The molecule has 0 atom stereocenters. The Bertz CT molecular complexity index is 1500. The maximum Gasteiger partial charge on any atom is 0.339 e. The summed E-state index contributed by atoms with van der Waals surface area (Å²) in [6, 6.07) is 10.5. The average Bonchev–Trinajstić information content (AvgIpc) is 3.44. The number of aromatic carboxylic acids is 1. The second kappa shape index (κ2) is 6.96. The molecule has 0 radical (unpaired) electrons. The molecule has 0 saturated heterocycles. The first-order chi connectivity index (χ1) is 14.9. The van der Waals surface area contributed by atoms with Crippen molar-refractivity contribution in [2.24, 2.45) is 0 Å². The van der Waals surface area contributed by atoms with Crippen LogP contribution < -0.4 is 5.32 Å². The normalized spacial score (nSPS) is 11.3. The van der Waals surface area contributed by atoms with Crippen LogP contribution in [0, 0.1) is 5.82 Å². The molecule has 0 aliphatic heterocycles. The molecule has 0 spiro atoms. The van der Waals surface area contributed by atoms with E-state index in [0.29, 0.717) is 5.39 Å². The molecule has 0 bridgehead atoms. The van der Waals surface area contributed by atoms with Gasteiger partial charge in [-0.2, -0.15) is 0 Å². The molecule has 5 rings (SSSR count). The van der Waals surface area contributed by atoms with Gasteiger partial charge in [0.2, 0.25) is 0 Å². The van der Waals surface area contributed by atoms with Crippen LogP contribution in [0.2, 0.25) is 0 Å². The lowest BCUT2D eigenvalue weighted by Crippen LogP contribution is -2.13. The number of phenols is 1. The number of aromatic hydroxyl groups is 1. The number of benzene rings is 2. The molecule has 154 valence electrons. The summed E-state index contributed by atoms with van der Waals surface area (Å²) in [5, 5.41) is 24.3. The number of rotatable bonds is 4. The predicted octanol–water partition coefficient (Wildman–Crippen LogP) is 5.10. The van der Waals surface area contributed by atoms with E-state index in [9.17, 15) is 24.2 Å². The molecule has 31 heavy (non-hydrogen) atoms. The van der Waals surface area contributed by atoms with Crippen molar-refractivity contribution < 1.29 is 33.0 Å². The average molecular weight is 438 g/mol. The number of anilines is 1. The number of aromatic nitrogens is 1. The summed E-state index contributed by atoms with van der Waals surface area (Å²) in [6.07, 6.45) is 0. The second-order valence-corrected chi connectivity index (χ2v) is 7.41. The van der Waals surface area contributed by atoms with E-state index in [2.05, 4.69) is 10.3 Å². The number of nitrogens with zero attached hydrogens (tertiary/aromatic N) is 1. The Labute approximate surface area is 176 Å². The number of furan rings is 1. The highest BCUT2D eigenvalue weighted by Crippen LogP contribution is 2.39. The summed E-state index contributed by atoms with van der Waals surface area (Å²) < 4.78 is 24.6. The van der Waals surface area contributed by atoms with Gasteiger partial charge in [-0.1, -0.05) is 18.2 Å². The highest BCUT2D eigenvalue weighted by molar-refractivity contribution is 7.15. The lowest BCUT2D eigenvalue weighted by molar-refractivity contribution is 0.0699. The molecule has 0 fully saturated rings. The number of nitrogens with one attached hydrogen (secondary N) is 1. The Morgan fingerprint density at radius 3 is 2.65 bits per heavy atom. The summed E-state index contributed by atoms with van der Waals surface area (Å²) in [4.78, 5) is 28.4. The fourth-order valence-electron chi connectivity index (χ4n) is 3.19. The third-order valence-electron chi connectivity index (χ3n) is 4.58. The lowest BCUT2D eigenvalue weighted by Gasteiger charge is -2.02. The maximum atomic E-state index is 13.8. The number of oxazole rings is 1. The van der Waals surface area contributed by atoms with Crippen LogP contribution in [0.4, 0.5) is 9.39 Å². The van der Waals surface area contributed by atoms with Gasteiger partial charge in [0, 0.05) is 16.3 Å². The van der Waals surface area contributed by atoms with E-state index >= 15 is 0 Å². The molecule has 0 aliphatic rings. The summed E-state index contributed by atoms with van der Waals surface area (Å²) >= 11 is 0.968. The highest BCUT2D eigenvalue weighted by atomic mass is 32.1. The zero-order valence-corrected chi connectivity index (χ0v) is 16.2. The van der Waals surface area contributed by atoms with Gasteiger partial charge in [-0.05, 0) is 24.3 Å². The summed E-state index contributed by atoms with van der Waals surface area (Å²) in [6.45, 7) is 0. The van der Waals surface area contributed by atoms with Crippen molar-refractivity contribution in [3.05, 3.63) is 65.1 Å². The molecule has 10 heteroatoms. The van der Waals surface area contributed by atoms with Crippen molar-refractivity contribution >= 4 is 50.3 Å². The van der Waals surface area contributed by atoms with Crippen LogP contribution in [0.1, 0.15) is 21.0 Å². The Hall–Kier alpha value is -4.18. The van der Waals surface area contributed by atoms with E-state index in [1.807, 2.05) is 0 Å². The van der Waals surface area contributed by atoms with Gasteiger partial charge >= 0.3 is 11.9 Å². The molecular formula is C21H11FN2O6S. The van der Waals surface area contributed by atoms with Crippen LogP contribution in [0.15, 0.2) is 56.7 Å². The van der Waals surface area contributed by atoms with E-state index in [1.165, 1.54) is 29.6 Å². The molecule has 3 N–H and O–H groups in total. The number of hydrogen-bond acceptors (Lipinski definition) is 7. The van der Waals surface area contributed by atoms with Crippen LogP contribution >= 0.6 is 11.3 Å². The standard InChI is InChI=1S/C21H11FN2O6S/c22-11-4-2-5-12-17(11)30-19(23-12)18(26)24-20-15(21(27)28)10(8-31-20)14-7-9-3-1-6-13(25)16(9)29-14/h1-8,25H,(H,24,26)(H,27,28). The molecule has 8 nitrogen and oxygen atoms in total. The molecule has 0 aliphatic carbocycles. The second-order valence-electron chi connectivity index (χ2n) is 6.53. The lowest BCUT2D eigenvalue weighted by atomic mass is 10.1. The number of carboxylic acids is 1. The van der Waals surface area contributed by atoms with E-state index in [-0.39, 0.29) is 44.3 Å². The number of carbonyl (C=O) groups excluding carboxylic acids is 1. The molecule has 2 aromatic carbocycles. The van der Waals surface area contributed by atoms with Crippen molar-refractivity contribution in [1.29, 1.82) is 0 Å². The Morgan fingerprint density at radius 1 is 1.10 bits per heavy atom. The molecule has 5 aromatic rings. The number of carbonyl (C=O) groups is 2. The number of hydrogen-bond donors (Lipinski definition) is 3. The van der Waals surface area contributed by atoms with Crippen LogP contribution in [0.25, 0.3) is 33.4 Å². The Morgan fingerprint density at radius 2 is 1.90 bits per heavy atom. The quantitative estimate of drug-likeness (QED) is 0.356. The van der Waals surface area contributed by atoms with E-state index in [0.717, 1.165) is 11.3 Å². The smallest absolute Gasteiger partial charge is 0.339 e.